The first kappa shape index (κ1) is 24.2. The third-order valence-electron chi connectivity index (χ3n) is 6.80. The van der Waals surface area contributed by atoms with Crippen molar-refractivity contribution >= 4 is 0 Å². The van der Waals surface area contributed by atoms with E-state index in [4.69, 9.17) is 4.74 Å². The average molecular weight is 405 g/mol. The molecule has 1 aromatic rings. The monoisotopic (exact) mass is 404 g/mol. The van der Waals surface area contributed by atoms with Crippen molar-refractivity contribution in [2.75, 3.05) is 6.61 Å². The van der Waals surface area contributed by atoms with Crippen molar-refractivity contribution < 1.29 is 9.13 Å². The molecule has 0 amide bonds. The summed E-state index contributed by atoms with van der Waals surface area (Å²) in [5.74, 6) is 2.35. The van der Waals surface area contributed by atoms with Gasteiger partial charge in [0.1, 0.15) is 11.6 Å². The topological polar surface area (TPSA) is 9.23 Å². The van der Waals surface area contributed by atoms with E-state index in [1.807, 2.05) is 12.1 Å². The van der Waals surface area contributed by atoms with Gasteiger partial charge >= 0.3 is 0 Å². The van der Waals surface area contributed by atoms with Crippen LogP contribution in [0.1, 0.15) is 116 Å². The van der Waals surface area contributed by atoms with Gasteiger partial charge in [-0.15, -0.1) is 0 Å². The van der Waals surface area contributed by atoms with Crippen LogP contribution >= 0.6 is 0 Å². The Bertz CT molecular complexity index is 533. The Labute approximate surface area is 179 Å². The van der Waals surface area contributed by atoms with Crippen LogP contribution in [0.15, 0.2) is 18.2 Å². The van der Waals surface area contributed by atoms with E-state index in [1.165, 1.54) is 83.5 Å². The van der Waals surface area contributed by atoms with Crippen LogP contribution < -0.4 is 4.74 Å². The summed E-state index contributed by atoms with van der Waals surface area (Å²) < 4.78 is 20.2. The lowest BCUT2D eigenvalue weighted by atomic mass is 9.77. The normalized spacial score (nSPS) is 19.4. The van der Waals surface area contributed by atoms with Crippen molar-refractivity contribution in [1.29, 1.82) is 0 Å². The molecule has 1 nitrogen and oxygen atoms in total. The standard InChI is InChI=1S/C27H45FO/c1-3-5-7-9-10-12-23-13-15-24(16-14-23)17-18-25-19-20-26(22-27(25)28)29-21-11-8-6-4-2/h19-20,22-24H,3-18,21H2,1-2H3. The molecule has 29 heavy (non-hydrogen) atoms. The van der Waals surface area contributed by atoms with Crippen molar-refractivity contribution in [2.24, 2.45) is 11.8 Å². The zero-order valence-electron chi connectivity index (χ0n) is 19.2. The second-order valence-electron chi connectivity index (χ2n) is 9.29. The van der Waals surface area contributed by atoms with Crippen LogP contribution in [0.2, 0.25) is 0 Å². The molecular formula is C27H45FO. The van der Waals surface area contributed by atoms with Crippen molar-refractivity contribution in [3.63, 3.8) is 0 Å². The molecule has 1 saturated carbocycles. The minimum absolute atomic E-state index is 0.0863. The molecule has 0 heterocycles. The summed E-state index contributed by atoms with van der Waals surface area (Å²) in [6, 6.07) is 5.48. The molecule has 0 N–H and O–H groups in total. The summed E-state index contributed by atoms with van der Waals surface area (Å²) in [6.45, 7) is 5.18. The van der Waals surface area contributed by atoms with E-state index < -0.39 is 0 Å². The molecule has 1 aliphatic carbocycles. The Hall–Kier alpha value is -1.05. The lowest BCUT2D eigenvalue weighted by Crippen LogP contribution is -2.15. The van der Waals surface area contributed by atoms with Crippen LogP contribution in [0.3, 0.4) is 0 Å². The number of hydrogen-bond acceptors (Lipinski definition) is 1. The van der Waals surface area contributed by atoms with Crippen molar-refractivity contribution in [3.05, 3.63) is 29.6 Å². The van der Waals surface area contributed by atoms with Gasteiger partial charge in [0.05, 0.1) is 6.61 Å². The van der Waals surface area contributed by atoms with Crippen LogP contribution in [0, 0.1) is 17.7 Å². The summed E-state index contributed by atoms with van der Waals surface area (Å²) in [7, 11) is 0. The number of aryl methyl sites for hydroxylation is 1. The Morgan fingerprint density at radius 2 is 1.41 bits per heavy atom. The minimum Gasteiger partial charge on any atom is -0.493 e. The van der Waals surface area contributed by atoms with E-state index in [-0.39, 0.29) is 5.82 Å². The maximum absolute atomic E-state index is 14.4. The van der Waals surface area contributed by atoms with Crippen LogP contribution in [-0.2, 0) is 6.42 Å². The second-order valence-corrected chi connectivity index (χ2v) is 9.29. The first-order valence-corrected chi connectivity index (χ1v) is 12.6. The first-order chi connectivity index (χ1) is 14.2. The second kappa shape index (κ2) is 14.9. The Kier molecular flexibility index (Phi) is 12.4. The largest absolute Gasteiger partial charge is 0.493 e. The van der Waals surface area contributed by atoms with Crippen LogP contribution in [0.25, 0.3) is 0 Å². The summed E-state index contributed by atoms with van der Waals surface area (Å²) in [5.41, 5.74) is 0.862. The number of hydrogen-bond donors (Lipinski definition) is 0. The average Bonchev–Trinajstić information content (AvgIpc) is 2.74. The molecule has 0 aliphatic heterocycles. The highest BCUT2D eigenvalue weighted by molar-refractivity contribution is 5.29. The quantitative estimate of drug-likeness (QED) is 0.265. The summed E-state index contributed by atoms with van der Waals surface area (Å²) in [6.07, 6.45) is 20.6. The summed E-state index contributed by atoms with van der Waals surface area (Å²) in [5, 5.41) is 0. The number of ether oxygens (including phenoxy) is 1. The molecule has 1 aromatic carbocycles. The van der Waals surface area contributed by atoms with Crippen LogP contribution in [0.4, 0.5) is 4.39 Å². The molecule has 166 valence electrons. The molecule has 0 unspecified atom stereocenters. The fourth-order valence-electron chi connectivity index (χ4n) is 4.74. The lowest BCUT2D eigenvalue weighted by molar-refractivity contribution is 0.248. The highest BCUT2D eigenvalue weighted by atomic mass is 19.1. The van der Waals surface area contributed by atoms with Gasteiger partial charge in [-0.3, -0.25) is 0 Å². The van der Waals surface area contributed by atoms with Crippen LogP contribution in [0.5, 0.6) is 5.75 Å². The highest BCUT2D eigenvalue weighted by Gasteiger charge is 2.21. The van der Waals surface area contributed by atoms with Gasteiger partial charge < -0.3 is 4.74 Å². The number of halogens is 1. The van der Waals surface area contributed by atoms with E-state index in [1.54, 1.807) is 6.07 Å². The van der Waals surface area contributed by atoms with Gasteiger partial charge in [-0.1, -0.05) is 103 Å². The summed E-state index contributed by atoms with van der Waals surface area (Å²) in [4.78, 5) is 0. The van der Waals surface area contributed by atoms with Gasteiger partial charge in [0.25, 0.3) is 0 Å². The van der Waals surface area contributed by atoms with Crippen molar-refractivity contribution in [2.45, 2.75) is 117 Å². The van der Waals surface area contributed by atoms with Gasteiger partial charge in [0, 0.05) is 6.07 Å². The maximum atomic E-state index is 14.4. The molecule has 0 spiro atoms. The SMILES string of the molecule is CCCCCCCC1CCC(CCc2ccc(OCCCCCC)cc2F)CC1. The number of benzene rings is 1. The van der Waals surface area contributed by atoms with Crippen molar-refractivity contribution in [3.8, 4) is 5.75 Å². The predicted octanol–water partition coefficient (Wildman–Crippen LogP) is 8.88. The lowest BCUT2D eigenvalue weighted by Gasteiger charge is -2.28. The van der Waals surface area contributed by atoms with Gasteiger partial charge in [0.15, 0.2) is 0 Å². The molecule has 1 fully saturated rings. The molecule has 0 bridgehead atoms. The summed E-state index contributed by atoms with van der Waals surface area (Å²) >= 11 is 0. The zero-order chi connectivity index (χ0) is 20.7. The smallest absolute Gasteiger partial charge is 0.130 e. The third-order valence-corrected chi connectivity index (χ3v) is 6.80. The maximum Gasteiger partial charge on any atom is 0.130 e. The Morgan fingerprint density at radius 3 is 2.07 bits per heavy atom. The van der Waals surface area contributed by atoms with Crippen LogP contribution in [-0.4, -0.2) is 6.61 Å². The molecule has 0 saturated heterocycles. The van der Waals surface area contributed by atoms with E-state index in [0.29, 0.717) is 12.4 Å². The van der Waals surface area contributed by atoms with Gasteiger partial charge in [0.2, 0.25) is 0 Å². The third kappa shape index (κ3) is 10.0. The van der Waals surface area contributed by atoms with Gasteiger partial charge in [-0.25, -0.2) is 4.39 Å². The predicted molar refractivity (Wildman–Crippen MR) is 123 cm³/mol. The first-order valence-electron chi connectivity index (χ1n) is 12.6. The Balaban J connectivity index is 1.61. The number of rotatable bonds is 15. The Morgan fingerprint density at radius 1 is 0.793 bits per heavy atom. The number of unbranched alkanes of at least 4 members (excludes halogenated alkanes) is 7. The molecule has 0 aromatic heterocycles. The van der Waals surface area contributed by atoms with E-state index >= 15 is 0 Å². The minimum atomic E-state index is -0.0863. The van der Waals surface area contributed by atoms with Gasteiger partial charge in [-0.05, 0) is 42.7 Å². The van der Waals surface area contributed by atoms with E-state index in [2.05, 4.69) is 13.8 Å². The molecule has 1 aliphatic rings. The highest BCUT2D eigenvalue weighted by Crippen LogP contribution is 2.34. The fourth-order valence-corrected chi connectivity index (χ4v) is 4.74. The molecule has 2 rings (SSSR count). The fraction of sp³-hybridized carbons (Fsp3) is 0.778. The molecular weight excluding hydrogens is 359 g/mol. The molecule has 0 atom stereocenters. The molecule has 0 radical (unpaired) electrons. The van der Waals surface area contributed by atoms with Crippen molar-refractivity contribution in [1.82, 2.24) is 0 Å². The van der Waals surface area contributed by atoms with Gasteiger partial charge in [-0.2, -0.15) is 0 Å². The van der Waals surface area contributed by atoms with E-state index in [0.717, 1.165) is 36.7 Å². The van der Waals surface area contributed by atoms with E-state index in [9.17, 15) is 4.39 Å². The molecule has 2 heteroatoms. The zero-order valence-corrected chi connectivity index (χ0v) is 19.2.